The second-order valence-corrected chi connectivity index (χ2v) is 7.33. The summed E-state index contributed by atoms with van der Waals surface area (Å²) in [6.45, 7) is 5.07. The maximum Gasteiger partial charge on any atom is 0.196 e. The predicted octanol–water partition coefficient (Wildman–Crippen LogP) is 3.93. The maximum absolute atomic E-state index is 4.47. The van der Waals surface area contributed by atoms with Crippen LogP contribution in [-0.2, 0) is 6.54 Å². The van der Waals surface area contributed by atoms with E-state index in [4.69, 9.17) is 0 Å². The summed E-state index contributed by atoms with van der Waals surface area (Å²) in [5, 5.41) is 14.1. The maximum atomic E-state index is 4.47. The van der Waals surface area contributed by atoms with Gasteiger partial charge in [-0.15, -0.1) is 10.2 Å². The molecule has 0 saturated heterocycles. The molecule has 27 heavy (non-hydrogen) atoms. The molecule has 0 radical (unpaired) electrons. The van der Waals surface area contributed by atoms with E-state index in [1.165, 1.54) is 11.1 Å². The molecular weight excluding hydrogens is 356 g/mol. The van der Waals surface area contributed by atoms with Gasteiger partial charge < -0.3 is 0 Å². The van der Waals surface area contributed by atoms with Crippen LogP contribution in [-0.4, -0.2) is 35.3 Å². The van der Waals surface area contributed by atoms with Crippen LogP contribution >= 0.6 is 11.8 Å². The Bertz CT molecular complexity index is 1020. The minimum atomic E-state index is 0.821. The van der Waals surface area contributed by atoms with Crippen molar-refractivity contribution in [2.24, 2.45) is 0 Å². The molecule has 7 heteroatoms. The third-order valence-electron chi connectivity index (χ3n) is 4.43. The second-order valence-electron chi connectivity index (χ2n) is 6.26. The van der Waals surface area contributed by atoms with Crippen molar-refractivity contribution in [3.63, 3.8) is 0 Å². The van der Waals surface area contributed by atoms with Crippen molar-refractivity contribution >= 4 is 11.8 Å². The Labute approximate surface area is 162 Å². The van der Waals surface area contributed by atoms with Gasteiger partial charge in [0.05, 0.1) is 12.2 Å². The molecule has 4 aromatic rings. The smallest absolute Gasteiger partial charge is 0.196 e. The van der Waals surface area contributed by atoms with E-state index in [1.54, 1.807) is 30.4 Å². The zero-order chi connectivity index (χ0) is 18.6. The Morgan fingerprint density at radius 3 is 2.56 bits per heavy atom. The number of aromatic nitrogens is 6. The van der Waals surface area contributed by atoms with Gasteiger partial charge >= 0.3 is 0 Å². The average Bonchev–Trinajstić information content (AvgIpc) is 3.35. The number of thioether (sulfide) groups is 1. The summed E-state index contributed by atoms with van der Waals surface area (Å²) in [6, 6.07) is 12.3. The number of hydrogen-bond donors (Lipinski definition) is 0. The molecule has 0 unspecified atom stereocenters. The zero-order valence-corrected chi connectivity index (χ0v) is 16.1. The Morgan fingerprint density at radius 1 is 0.963 bits per heavy atom. The second kappa shape index (κ2) is 7.75. The van der Waals surface area contributed by atoms with Crippen molar-refractivity contribution in [2.75, 3.05) is 5.75 Å². The third kappa shape index (κ3) is 3.78. The summed E-state index contributed by atoms with van der Waals surface area (Å²) in [5.74, 6) is 1.68. The van der Waals surface area contributed by atoms with Crippen LogP contribution in [0.15, 0.2) is 66.3 Å². The first-order valence-electron chi connectivity index (χ1n) is 8.76. The van der Waals surface area contributed by atoms with E-state index in [-0.39, 0.29) is 0 Å². The third-order valence-corrected chi connectivity index (χ3v) is 5.34. The highest BCUT2D eigenvalue weighted by atomic mass is 32.2. The van der Waals surface area contributed by atoms with E-state index in [1.807, 2.05) is 29.1 Å². The molecule has 1 aromatic carbocycles. The van der Waals surface area contributed by atoms with E-state index in [0.29, 0.717) is 0 Å². The molecule has 0 atom stereocenters. The van der Waals surface area contributed by atoms with E-state index >= 15 is 0 Å². The molecule has 0 amide bonds. The first-order chi connectivity index (χ1) is 13.2. The lowest BCUT2D eigenvalue weighted by molar-refractivity contribution is 0.665. The Morgan fingerprint density at radius 2 is 1.81 bits per heavy atom. The van der Waals surface area contributed by atoms with Crippen LogP contribution in [0, 0.1) is 13.8 Å². The lowest BCUT2D eigenvalue weighted by Crippen LogP contribution is -2.04. The molecule has 6 nitrogen and oxygen atoms in total. The van der Waals surface area contributed by atoms with Crippen LogP contribution < -0.4 is 0 Å². The van der Waals surface area contributed by atoms with Gasteiger partial charge in [-0.2, -0.15) is 5.10 Å². The largest absolute Gasteiger partial charge is 0.272 e. The molecule has 0 fully saturated rings. The first kappa shape index (κ1) is 17.5. The van der Waals surface area contributed by atoms with Crippen molar-refractivity contribution in [3.05, 3.63) is 72.3 Å². The van der Waals surface area contributed by atoms with E-state index in [0.717, 1.165) is 34.5 Å². The summed E-state index contributed by atoms with van der Waals surface area (Å²) in [7, 11) is 0. The highest BCUT2D eigenvalue weighted by Crippen LogP contribution is 2.28. The molecule has 136 valence electrons. The summed E-state index contributed by atoms with van der Waals surface area (Å²) in [4.78, 5) is 4.11. The van der Waals surface area contributed by atoms with Crippen LogP contribution in [0.4, 0.5) is 0 Å². The van der Waals surface area contributed by atoms with Crippen LogP contribution in [0.5, 0.6) is 0 Å². The fourth-order valence-electron chi connectivity index (χ4n) is 2.81. The fraction of sp³-hybridized carbons (Fsp3) is 0.200. The quantitative estimate of drug-likeness (QED) is 0.477. The molecule has 0 saturated carbocycles. The van der Waals surface area contributed by atoms with Crippen molar-refractivity contribution in [1.29, 1.82) is 0 Å². The van der Waals surface area contributed by atoms with Crippen molar-refractivity contribution in [1.82, 2.24) is 29.5 Å². The number of aryl methyl sites for hydroxylation is 3. The normalized spacial score (nSPS) is 11.0. The predicted molar refractivity (Wildman–Crippen MR) is 107 cm³/mol. The van der Waals surface area contributed by atoms with E-state index < -0.39 is 0 Å². The molecular formula is C20H20N6S. The number of benzene rings is 1. The molecule has 3 aromatic heterocycles. The van der Waals surface area contributed by atoms with Gasteiger partial charge in [0.2, 0.25) is 0 Å². The van der Waals surface area contributed by atoms with E-state index in [9.17, 15) is 0 Å². The van der Waals surface area contributed by atoms with Gasteiger partial charge in [0.25, 0.3) is 0 Å². The number of rotatable bonds is 6. The number of pyridine rings is 1. The number of hydrogen-bond acceptors (Lipinski definition) is 5. The Kier molecular flexibility index (Phi) is 5.02. The molecule has 0 aliphatic rings. The lowest BCUT2D eigenvalue weighted by atomic mass is 10.1. The van der Waals surface area contributed by atoms with Crippen LogP contribution in [0.1, 0.15) is 11.1 Å². The standard InChI is InChI=1S/C20H20N6S/c1-15-4-5-18(14-16(15)2)26-19(17-6-9-21-10-7-17)23-24-20(26)27-13-12-25-11-3-8-22-25/h3-11,14H,12-13H2,1-2H3. The fourth-order valence-corrected chi connectivity index (χ4v) is 3.69. The van der Waals surface area contributed by atoms with Gasteiger partial charge in [0, 0.05) is 36.1 Å². The molecule has 0 bridgehead atoms. The van der Waals surface area contributed by atoms with Crippen LogP contribution in [0.3, 0.4) is 0 Å². The van der Waals surface area contributed by atoms with Gasteiger partial charge in [0.1, 0.15) is 0 Å². The number of nitrogens with zero attached hydrogens (tertiary/aromatic N) is 6. The summed E-state index contributed by atoms with van der Waals surface area (Å²) in [6.07, 6.45) is 7.32. The monoisotopic (exact) mass is 376 g/mol. The van der Waals surface area contributed by atoms with Gasteiger partial charge in [-0.3, -0.25) is 14.2 Å². The Hall–Kier alpha value is -2.93. The lowest BCUT2D eigenvalue weighted by Gasteiger charge is -2.12. The molecule has 0 aliphatic carbocycles. The highest BCUT2D eigenvalue weighted by molar-refractivity contribution is 7.99. The summed E-state index contributed by atoms with van der Waals surface area (Å²) in [5.41, 5.74) is 4.57. The Balaban J connectivity index is 1.70. The minimum absolute atomic E-state index is 0.821. The molecule has 0 spiro atoms. The van der Waals surface area contributed by atoms with Gasteiger partial charge in [-0.1, -0.05) is 17.8 Å². The van der Waals surface area contributed by atoms with E-state index in [2.05, 4.69) is 56.9 Å². The molecule has 4 rings (SSSR count). The average molecular weight is 376 g/mol. The van der Waals surface area contributed by atoms with Crippen LogP contribution in [0.2, 0.25) is 0 Å². The molecule has 0 aliphatic heterocycles. The topological polar surface area (TPSA) is 61.4 Å². The minimum Gasteiger partial charge on any atom is -0.272 e. The van der Waals surface area contributed by atoms with Crippen LogP contribution in [0.25, 0.3) is 17.1 Å². The summed E-state index contributed by atoms with van der Waals surface area (Å²) < 4.78 is 4.04. The van der Waals surface area contributed by atoms with Crippen molar-refractivity contribution < 1.29 is 0 Å². The summed E-state index contributed by atoms with van der Waals surface area (Å²) >= 11 is 1.68. The zero-order valence-electron chi connectivity index (χ0n) is 15.3. The van der Waals surface area contributed by atoms with Gasteiger partial charge in [-0.05, 0) is 55.3 Å². The first-order valence-corrected chi connectivity index (χ1v) is 9.74. The highest BCUT2D eigenvalue weighted by Gasteiger charge is 2.16. The van der Waals surface area contributed by atoms with Gasteiger partial charge in [0.15, 0.2) is 11.0 Å². The SMILES string of the molecule is Cc1ccc(-n2c(SCCn3cccn3)nnc2-c2ccncc2)cc1C. The van der Waals surface area contributed by atoms with Gasteiger partial charge in [-0.25, -0.2) is 0 Å². The molecule has 0 N–H and O–H groups in total. The molecule has 3 heterocycles. The van der Waals surface area contributed by atoms with Crippen molar-refractivity contribution in [2.45, 2.75) is 25.5 Å². The van der Waals surface area contributed by atoms with Crippen molar-refractivity contribution in [3.8, 4) is 17.1 Å².